The molecule has 4 N–H and O–H groups in total. The second kappa shape index (κ2) is 12.5. The quantitative estimate of drug-likeness (QED) is 0.209. The predicted octanol–water partition coefficient (Wildman–Crippen LogP) is 8.04. The SMILES string of the molecule is CC.CC(C)(C)c1ccc(C(=N)OC(=N)c2cccc(C(=N)OC(=N)c3ccc(C(C)(C)C)cc3)c2)cc1. The Labute approximate surface area is 227 Å². The van der Waals surface area contributed by atoms with Gasteiger partial charge in [-0.1, -0.05) is 85.7 Å². The Morgan fingerprint density at radius 3 is 1.05 bits per heavy atom. The average molecular weight is 513 g/mol. The van der Waals surface area contributed by atoms with Crippen LogP contribution in [0.5, 0.6) is 0 Å². The first-order valence-electron chi connectivity index (χ1n) is 12.8. The highest BCUT2D eigenvalue weighted by Crippen LogP contribution is 2.23. The fraction of sp³-hybridized carbons (Fsp3) is 0.312. The third kappa shape index (κ3) is 7.97. The lowest BCUT2D eigenvalue weighted by Crippen LogP contribution is -2.16. The van der Waals surface area contributed by atoms with Crippen LogP contribution in [0.1, 0.15) is 88.8 Å². The second-order valence-electron chi connectivity index (χ2n) is 10.8. The molecule has 6 heteroatoms. The van der Waals surface area contributed by atoms with Crippen LogP contribution < -0.4 is 0 Å². The first kappa shape index (κ1) is 30.2. The number of ether oxygens (including phenoxy) is 2. The first-order chi connectivity index (χ1) is 17.8. The van der Waals surface area contributed by atoms with Crippen molar-refractivity contribution >= 4 is 23.6 Å². The molecule has 3 aromatic rings. The number of rotatable bonds is 4. The Morgan fingerprint density at radius 2 is 0.763 bits per heavy atom. The molecule has 0 unspecified atom stereocenters. The van der Waals surface area contributed by atoms with Gasteiger partial charge in [0.1, 0.15) is 0 Å². The van der Waals surface area contributed by atoms with E-state index in [2.05, 4.69) is 41.5 Å². The monoisotopic (exact) mass is 512 g/mol. The van der Waals surface area contributed by atoms with Gasteiger partial charge < -0.3 is 9.47 Å². The standard InChI is InChI=1S/C30H34N4O2.C2H6/c1-29(2,3)23-14-10-19(11-15-23)25(31)35-27(33)21-8-7-9-22(18-21)28(34)36-26(32)20-12-16-24(17-13-20)30(4,5)6;1-2/h7-18,31-34H,1-6H3;1-2H3. The van der Waals surface area contributed by atoms with Crippen molar-refractivity contribution in [1.29, 1.82) is 21.6 Å². The van der Waals surface area contributed by atoms with Crippen LogP contribution >= 0.6 is 0 Å². The fourth-order valence-electron chi connectivity index (χ4n) is 3.48. The summed E-state index contributed by atoms with van der Waals surface area (Å²) in [6.07, 6.45) is 0. The normalized spacial score (nSPS) is 11.1. The molecule has 0 heterocycles. The van der Waals surface area contributed by atoms with Gasteiger partial charge in [0.15, 0.2) is 0 Å². The van der Waals surface area contributed by atoms with Crippen LogP contribution in [-0.4, -0.2) is 23.6 Å². The Hall–Kier alpha value is -4.06. The lowest BCUT2D eigenvalue weighted by molar-refractivity contribution is 0.536. The maximum Gasteiger partial charge on any atom is 0.221 e. The summed E-state index contributed by atoms with van der Waals surface area (Å²) in [4.78, 5) is 0. The van der Waals surface area contributed by atoms with Gasteiger partial charge in [-0.15, -0.1) is 0 Å². The molecule has 0 radical (unpaired) electrons. The first-order valence-corrected chi connectivity index (χ1v) is 12.8. The molecule has 3 aromatic carbocycles. The minimum atomic E-state index is -0.206. The van der Waals surface area contributed by atoms with Crippen LogP contribution in [0.2, 0.25) is 0 Å². The molecule has 0 aromatic heterocycles. The summed E-state index contributed by atoms with van der Waals surface area (Å²) in [7, 11) is 0. The van der Waals surface area contributed by atoms with E-state index < -0.39 is 0 Å². The molecule has 0 spiro atoms. The molecule has 0 bridgehead atoms. The highest BCUT2D eigenvalue weighted by atomic mass is 16.5. The van der Waals surface area contributed by atoms with E-state index in [9.17, 15) is 0 Å². The molecule has 0 saturated heterocycles. The number of nitrogens with one attached hydrogen (secondary N) is 4. The zero-order valence-electron chi connectivity index (χ0n) is 23.7. The van der Waals surface area contributed by atoms with E-state index in [0.29, 0.717) is 22.3 Å². The maximum absolute atomic E-state index is 8.32. The summed E-state index contributed by atoms with van der Waals surface area (Å²) in [6, 6.07) is 21.7. The van der Waals surface area contributed by atoms with E-state index >= 15 is 0 Å². The molecular formula is C32H40N4O2. The highest BCUT2D eigenvalue weighted by molar-refractivity contribution is 6.07. The number of hydrogen-bond acceptors (Lipinski definition) is 6. The maximum atomic E-state index is 8.32. The Balaban J connectivity index is 0.00000247. The summed E-state index contributed by atoms with van der Waals surface area (Å²) >= 11 is 0. The van der Waals surface area contributed by atoms with Crippen molar-refractivity contribution in [3.63, 3.8) is 0 Å². The molecular weight excluding hydrogens is 472 g/mol. The zero-order chi connectivity index (χ0) is 28.7. The van der Waals surface area contributed by atoms with Crippen LogP contribution in [0.4, 0.5) is 0 Å². The molecule has 6 nitrogen and oxygen atoms in total. The van der Waals surface area contributed by atoms with E-state index in [1.165, 1.54) is 0 Å². The highest BCUT2D eigenvalue weighted by Gasteiger charge is 2.17. The van der Waals surface area contributed by atoms with Crippen molar-refractivity contribution in [1.82, 2.24) is 0 Å². The van der Waals surface area contributed by atoms with Crippen LogP contribution in [0.15, 0.2) is 72.8 Å². The van der Waals surface area contributed by atoms with Gasteiger partial charge in [-0.05, 0) is 64.4 Å². The minimum Gasteiger partial charge on any atom is -0.421 e. The van der Waals surface area contributed by atoms with E-state index in [1.54, 1.807) is 24.3 Å². The van der Waals surface area contributed by atoms with Crippen molar-refractivity contribution in [2.24, 2.45) is 0 Å². The molecule has 0 aliphatic heterocycles. The Kier molecular flexibility index (Phi) is 9.89. The molecule has 0 saturated carbocycles. The molecule has 200 valence electrons. The average Bonchev–Trinajstić information content (AvgIpc) is 2.89. The van der Waals surface area contributed by atoms with Crippen LogP contribution in [0.3, 0.4) is 0 Å². The predicted molar refractivity (Wildman–Crippen MR) is 158 cm³/mol. The summed E-state index contributed by atoms with van der Waals surface area (Å²) in [6.45, 7) is 16.7. The van der Waals surface area contributed by atoms with Gasteiger partial charge in [0, 0.05) is 22.3 Å². The molecule has 0 amide bonds. The van der Waals surface area contributed by atoms with Gasteiger partial charge >= 0.3 is 0 Å². The van der Waals surface area contributed by atoms with E-state index in [1.807, 2.05) is 62.4 Å². The van der Waals surface area contributed by atoms with Crippen molar-refractivity contribution in [3.05, 3.63) is 106 Å². The molecule has 0 atom stereocenters. The molecule has 0 aliphatic rings. The summed E-state index contributed by atoms with van der Waals surface area (Å²) in [5, 5.41) is 33.2. The minimum absolute atomic E-state index is 0.00742. The second-order valence-corrected chi connectivity index (χ2v) is 10.8. The molecule has 0 aliphatic carbocycles. The van der Waals surface area contributed by atoms with Crippen molar-refractivity contribution < 1.29 is 9.47 Å². The van der Waals surface area contributed by atoms with E-state index in [4.69, 9.17) is 31.1 Å². The molecule has 0 fully saturated rings. The van der Waals surface area contributed by atoms with Gasteiger partial charge in [-0.25, -0.2) is 0 Å². The lowest BCUT2D eigenvalue weighted by atomic mass is 9.87. The number of benzene rings is 3. The zero-order valence-corrected chi connectivity index (χ0v) is 23.7. The third-order valence-corrected chi connectivity index (χ3v) is 5.82. The molecule has 3 rings (SSSR count). The topological polar surface area (TPSA) is 114 Å². The van der Waals surface area contributed by atoms with Gasteiger partial charge in [-0.3, -0.25) is 21.6 Å². The summed E-state index contributed by atoms with van der Waals surface area (Å²) in [5.74, 6) is -0.667. The van der Waals surface area contributed by atoms with Crippen LogP contribution in [0, 0.1) is 21.6 Å². The van der Waals surface area contributed by atoms with E-state index in [0.717, 1.165) is 11.1 Å². The van der Waals surface area contributed by atoms with Gasteiger partial charge in [-0.2, -0.15) is 0 Å². The summed E-state index contributed by atoms with van der Waals surface area (Å²) < 4.78 is 11.0. The lowest BCUT2D eigenvalue weighted by Gasteiger charge is -2.19. The van der Waals surface area contributed by atoms with Gasteiger partial charge in [0.05, 0.1) is 0 Å². The van der Waals surface area contributed by atoms with Crippen LogP contribution in [-0.2, 0) is 20.3 Å². The number of hydrogen-bond donors (Lipinski definition) is 4. The Morgan fingerprint density at radius 1 is 0.474 bits per heavy atom. The van der Waals surface area contributed by atoms with Crippen molar-refractivity contribution in [3.8, 4) is 0 Å². The van der Waals surface area contributed by atoms with Crippen molar-refractivity contribution in [2.45, 2.75) is 66.2 Å². The summed E-state index contributed by atoms with van der Waals surface area (Å²) in [5.41, 5.74) is 4.26. The fourth-order valence-corrected chi connectivity index (χ4v) is 3.48. The van der Waals surface area contributed by atoms with E-state index in [-0.39, 0.29) is 34.4 Å². The van der Waals surface area contributed by atoms with Gasteiger partial charge in [0.2, 0.25) is 23.6 Å². The third-order valence-electron chi connectivity index (χ3n) is 5.82. The van der Waals surface area contributed by atoms with Gasteiger partial charge in [0.25, 0.3) is 0 Å². The van der Waals surface area contributed by atoms with Crippen LogP contribution in [0.25, 0.3) is 0 Å². The largest absolute Gasteiger partial charge is 0.421 e. The Bertz CT molecular complexity index is 1190. The molecule has 38 heavy (non-hydrogen) atoms. The smallest absolute Gasteiger partial charge is 0.221 e. The van der Waals surface area contributed by atoms with Crippen molar-refractivity contribution in [2.75, 3.05) is 0 Å².